The minimum Gasteiger partial charge on any atom is -0.435 e. The Morgan fingerprint density at radius 2 is 1.78 bits per heavy atom. The second-order valence-corrected chi connectivity index (χ2v) is 10.3. The van der Waals surface area contributed by atoms with Crippen molar-refractivity contribution in [3.05, 3.63) is 54.4 Å². The van der Waals surface area contributed by atoms with E-state index in [9.17, 15) is 14.0 Å². The van der Waals surface area contributed by atoms with Gasteiger partial charge in [-0.15, -0.1) is 0 Å². The zero-order valence-electron chi connectivity index (χ0n) is 22.3. The van der Waals surface area contributed by atoms with Crippen LogP contribution < -0.4 is 0 Å². The number of ether oxygens (including phenoxy) is 3. The lowest BCUT2D eigenvalue weighted by Crippen LogP contribution is -2.46. The third kappa shape index (κ3) is 5.23. The normalized spacial score (nSPS) is 21.6. The Labute approximate surface area is 233 Å². The maximum Gasteiger partial charge on any atom is 0.511 e. The summed E-state index contributed by atoms with van der Waals surface area (Å²) in [7, 11) is 0. The number of aromatic nitrogens is 6. The van der Waals surface area contributed by atoms with Crippen molar-refractivity contribution in [2.75, 3.05) is 13.4 Å². The molecule has 4 heterocycles. The largest absolute Gasteiger partial charge is 0.511 e. The molecule has 7 rings (SSSR count). The molecule has 3 fully saturated rings. The van der Waals surface area contributed by atoms with E-state index in [0.29, 0.717) is 11.2 Å². The predicted octanol–water partition coefficient (Wildman–Crippen LogP) is 4.75. The van der Waals surface area contributed by atoms with Crippen LogP contribution in [0, 0.1) is 35.4 Å². The lowest BCUT2D eigenvalue weighted by molar-refractivity contribution is -0.168. The first kappa shape index (κ1) is 26.8. The third-order valence-corrected chi connectivity index (χ3v) is 8.08. The number of hydrogen-bond acceptors (Lipinski definition) is 9. The van der Waals surface area contributed by atoms with Crippen molar-refractivity contribution in [2.24, 2.45) is 23.7 Å². The maximum absolute atomic E-state index is 16.1. The first-order valence-electron chi connectivity index (χ1n) is 13.6. The highest BCUT2D eigenvalue weighted by Gasteiger charge is 2.48. The number of carbonyl (C=O) groups excluding carboxylic acids is 2. The molecule has 3 aliphatic carbocycles. The van der Waals surface area contributed by atoms with E-state index >= 15 is 4.39 Å². The van der Waals surface area contributed by atoms with Gasteiger partial charge in [0, 0.05) is 18.6 Å². The Kier molecular flexibility index (Phi) is 7.33. The number of carbonyl (C=O) groups is 2. The van der Waals surface area contributed by atoms with Crippen LogP contribution in [-0.2, 0) is 25.4 Å². The summed E-state index contributed by atoms with van der Waals surface area (Å²) in [6.45, 7) is 1.22. The molecule has 0 aliphatic heterocycles. The van der Waals surface area contributed by atoms with Crippen LogP contribution in [0.15, 0.2) is 36.9 Å². The first-order chi connectivity index (χ1) is 19.9. The second-order valence-electron chi connectivity index (χ2n) is 10.3. The zero-order valence-corrected chi connectivity index (χ0v) is 22.3. The maximum atomic E-state index is 16.1. The summed E-state index contributed by atoms with van der Waals surface area (Å²) in [4.78, 5) is 44.7. The summed E-state index contributed by atoms with van der Waals surface area (Å²) in [5, 5.41) is 0. The van der Waals surface area contributed by atoms with Crippen molar-refractivity contribution in [1.82, 2.24) is 29.5 Å². The van der Waals surface area contributed by atoms with Gasteiger partial charge in [-0.3, -0.25) is 4.79 Å². The summed E-state index contributed by atoms with van der Waals surface area (Å²) in [6, 6.07) is 3.50. The van der Waals surface area contributed by atoms with Gasteiger partial charge in [0.2, 0.25) is 12.7 Å². The fourth-order valence-corrected chi connectivity index (χ4v) is 6.27. The molecule has 13 heteroatoms. The third-order valence-electron chi connectivity index (χ3n) is 8.08. The molecule has 11 nitrogen and oxygen atoms in total. The highest BCUT2D eigenvalue weighted by atomic mass is 19.1. The molecule has 214 valence electrons. The summed E-state index contributed by atoms with van der Waals surface area (Å²) in [5.74, 6) is -2.20. The minimum absolute atomic E-state index is 0.0247. The fraction of sp³-hybridized carbons (Fsp3) is 0.429. The van der Waals surface area contributed by atoms with Gasteiger partial charge in [0.1, 0.15) is 5.52 Å². The van der Waals surface area contributed by atoms with Gasteiger partial charge in [0.25, 0.3) is 0 Å². The van der Waals surface area contributed by atoms with E-state index in [1.165, 1.54) is 4.57 Å². The molecule has 41 heavy (non-hydrogen) atoms. The number of esters is 1. The van der Waals surface area contributed by atoms with Crippen molar-refractivity contribution in [3.8, 4) is 17.2 Å². The van der Waals surface area contributed by atoms with Gasteiger partial charge in [-0.1, -0.05) is 0 Å². The molecular formula is C28H28F2N6O5. The quantitative estimate of drug-likeness (QED) is 0.237. The van der Waals surface area contributed by atoms with E-state index in [0.717, 1.165) is 31.9 Å². The molecule has 0 saturated heterocycles. The average molecular weight is 567 g/mol. The number of halogens is 2. The van der Waals surface area contributed by atoms with E-state index < -0.39 is 36.6 Å². The van der Waals surface area contributed by atoms with Gasteiger partial charge < -0.3 is 23.8 Å². The SMILES string of the molecule is CCOC(=O)OCOC(=O)[C@H]1C2CCC(CC2)[C@@H]1Cc1nc(-c2c[nH]c3ncc(F)nc23)nc(-n2cccc2)c1F. The number of aromatic amines is 1. The van der Waals surface area contributed by atoms with E-state index in [1.807, 2.05) is 0 Å². The van der Waals surface area contributed by atoms with Crippen LogP contribution in [0.1, 0.15) is 38.3 Å². The van der Waals surface area contributed by atoms with Crippen LogP contribution >= 0.6 is 0 Å². The Hall–Kier alpha value is -4.42. The van der Waals surface area contributed by atoms with Crippen molar-refractivity contribution in [2.45, 2.75) is 39.0 Å². The molecule has 1 N–H and O–H groups in total. The first-order valence-corrected chi connectivity index (χ1v) is 13.6. The molecule has 0 amide bonds. The Bertz CT molecular complexity index is 1570. The number of rotatable bonds is 8. The molecule has 0 aromatic carbocycles. The molecule has 0 radical (unpaired) electrons. The van der Waals surface area contributed by atoms with E-state index in [1.54, 1.807) is 37.6 Å². The van der Waals surface area contributed by atoms with Crippen molar-refractivity contribution in [1.29, 1.82) is 0 Å². The summed E-state index contributed by atoms with van der Waals surface area (Å²) in [5.41, 5.74) is 1.08. The fourth-order valence-electron chi connectivity index (χ4n) is 6.27. The van der Waals surface area contributed by atoms with Crippen LogP contribution in [0.25, 0.3) is 28.4 Å². The zero-order chi connectivity index (χ0) is 28.5. The monoisotopic (exact) mass is 566 g/mol. The van der Waals surface area contributed by atoms with Gasteiger partial charge in [0.05, 0.1) is 30.0 Å². The molecule has 0 unspecified atom stereocenters. The Balaban J connectivity index is 1.35. The molecule has 3 saturated carbocycles. The Morgan fingerprint density at radius 3 is 2.54 bits per heavy atom. The number of nitrogens with zero attached hydrogens (tertiary/aromatic N) is 5. The highest BCUT2D eigenvalue weighted by molar-refractivity contribution is 5.88. The topological polar surface area (TPSA) is 134 Å². The van der Waals surface area contributed by atoms with Crippen molar-refractivity contribution < 1.29 is 32.6 Å². The molecule has 0 spiro atoms. The second kappa shape index (κ2) is 11.2. The Morgan fingerprint density at radius 1 is 1.02 bits per heavy atom. The smallest absolute Gasteiger partial charge is 0.435 e. The van der Waals surface area contributed by atoms with Crippen LogP contribution in [0.4, 0.5) is 13.6 Å². The number of nitrogens with one attached hydrogen (secondary N) is 1. The molecular weight excluding hydrogens is 538 g/mol. The summed E-state index contributed by atoms with van der Waals surface area (Å²) < 4.78 is 46.5. The standard InChI is InChI=1S/C28H28F2N6O5/c1-2-39-28(38)41-14-40-27(37)21-16-7-5-15(6-8-16)17(21)11-19-22(30)26(36-9-3-4-10-36)35-24(33-19)18-12-31-25-23(18)34-20(29)13-32-25/h3-4,9-10,12-13,15-17,21H,2,5-8,11,14H2,1H3,(H,31,32)/t15?,16?,17-,21-/m0/s1. The van der Waals surface area contributed by atoms with E-state index in [4.69, 9.17) is 14.2 Å². The number of hydrogen-bond donors (Lipinski definition) is 1. The van der Waals surface area contributed by atoms with Gasteiger partial charge >= 0.3 is 12.1 Å². The van der Waals surface area contributed by atoms with Crippen LogP contribution in [0.3, 0.4) is 0 Å². The number of H-pyrrole nitrogens is 1. The highest BCUT2D eigenvalue weighted by Crippen LogP contribution is 2.50. The molecule has 4 aromatic heterocycles. The predicted molar refractivity (Wildman–Crippen MR) is 139 cm³/mol. The van der Waals surface area contributed by atoms with E-state index in [-0.39, 0.29) is 53.6 Å². The summed E-state index contributed by atoms with van der Waals surface area (Å²) in [6.07, 6.45) is 8.71. The van der Waals surface area contributed by atoms with Crippen LogP contribution in [0.2, 0.25) is 0 Å². The molecule has 2 bridgehead atoms. The molecule has 2 atom stereocenters. The minimum atomic E-state index is -0.919. The lowest BCUT2D eigenvalue weighted by atomic mass is 9.57. The van der Waals surface area contributed by atoms with E-state index in [2.05, 4.69) is 24.9 Å². The number of fused-ring (bicyclic) bond motifs is 4. The van der Waals surface area contributed by atoms with Crippen LogP contribution in [-0.4, -0.2) is 55.0 Å². The average Bonchev–Trinajstić information content (AvgIpc) is 3.65. The van der Waals surface area contributed by atoms with Crippen molar-refractivity contribution in [3.63, 3.8) is 0 Å². The lowest BCUT2D eigenvalue weighted by Gasteiger charge is -2.47. The van der Waals surface area contributed by atoms with Crippen LogP contribution in [0.5, 0.6) is 0 Å². The summed E-state index contributed by atoms with van der Waals surface area (Å²) >= 11 is 0. The van der Waals surface area contributed by atoms with Crippen molar-refractivity contribution >= 4 is 23.3 Å². The van der Waals surface area contributed by atoms with Gasteiger partial charge in [-0.25, -0.2) is 29.1 Å². The van der Waals surface area contributed by atoms with Gasteiger partial charge in [-0.05, 0) is 68.9 Å². The van der Waals surface area contributed by atoms with Gasteiger partial charge in [-0.2, -0.15) is 4.39 Å². The molecule has 3 aliphatic rings. The molecule has 4 aromatic rings. The van der Waals surface area contributed by atoms with Gasteiger partial charge in [0.15, 0.2) is 23.1 Å².